The van der Waals surface area contributed by atoms with Gasteiger partial charge in [-0.3, -0.25) is 0 Å². The van der Waals surface area contributed by atoms with Crippen LogP contribution in [-0.4, -0.2) is 14.5 Å². The maximum atomic E-state index is 14.4. The van der Waals surface area contributed by atoms with E-state index >= 15 is 0 Å². The van der Waals surface area contributed by atoms with E-state index in [4.69, 9.17) is 11.6 Å². The third-order valence-corrected chi connectivity index (χ3v) is 5.49. The van der Waals surface area contributed by atoms with Crippen LogP contribution in [0.5, 0.6) is 5.88 Å². The molecule has 0 saturated heterocycles. The summed E-state index contributed by atoms with van der Waals surface area (Å²) in [6.45, 7) is 1.93. The van der Waals surface area contributed by atoms with Crippen LogP contribution in [0.25, 0.3) is 16.8 Å². The third-order valence-electron chi connectivity index (χ3n) is 4.39. The highest BCUT2D eigenvalue weighted by Gasteiger charge is 2.29. The Bertz CT molecular complexity index is 1290. The molecule has 0 fully saturated rings. The van der Waals surface area contributed by atoms with E-state index in [0.717, 1.165) is 16.5 Å². The molecule has 0 saturated carbocycles. The van der Waals surface area contributed by atoms with Crippen LogP contribution in [0.3, 0.4) is 0 Å². The van der Waals surface area contributed by atoms with E-state index in [2.05, 4.69) is 4.98 Å². The molecular formula is C19H13ClF2N3O2S+. The molecule has 4 rings (SSSR count). The van der Waals surface area contributed by atoms with Crippen molar-refractivity contribution < 1.29 is 18.5 Å². The number of hydrogen-bond donors (Lipinski definition) is 1. The molecule has 0 radical (unpaired) electrons. The average molecular weight is 421 g/mol. The Morgan fingerprint density at radius 2 is 2.07 bits per heavy atom. The normalized spacial score (nSPS) is 11.3. The lowest BCUT2D eigenvalue weighted by Crippen LogP contribution is -2.41. The number of rotatable bonds is 3. The van der Waals surface area contributed by atoms with Crippen molar-refractivity contribution in [2.45, 2.75) is 13.5 Å². The first-order chi connectivity index (χ1) is 13.4. The molecule has 3 aromatic heterocycles. The van der Waals surface area contributed by atoms with Crippen molar-refractivity contribution >= 4 is 28.6 Å². The van der Waals surface area contributed by atoms with Crippen LogP contribution < -0.4 is 10.1 Å². The van der Waals surface area contributed by atoms with E-state index in [0.29, 0.717) is 10.1 Å². The Balaban J connectivity index is 2.10. The molecule has 0 bridgehead atoms. The second kappa shape index (κ2) is 6.96. The first kappa shape index (κ1) is 18.5. The number of hydrogen-bond acceptors (Lipinski definition) is 4. The molecule has 1 aromatic carbocycles. The Morgan fingerprint density at radius 1 is 1.29 bits per heavy atom. The van der Waals surface area contributed by atoms with Crippen LogP contribution in [0.1, 0.15) is 10.4 Å². The van der Waals surface area contributed by atoms with Gasteiger partial charge in [0.25, 0.3) is 11.5 Å². The van der Waals surface area contributed by atoms with Gasteiger partial charge in [0.05, 0.1) is 11.1 Å². The summed E-state index contributed by atoms with van der Waals surface area (Å²) in [7, 11) is 0. The van der Waals surface area contributed by atoms with Crippen LogP contribution in [0.2, 0.25) is 4.47 Å². The van der Waals surface area contributed by atoms with Gasteiger partial charge in [-0.1, -0.05) is 23.7 Å². The van der Waals surface area contributed by atoms with Crippen molar-refractivity contribution in [2.24, 2.45) is 0 Å². The molecule has 0 aliphatic rings. The number of aromatic hydroxyl groups is 1. The first-order valence-electron chi connectivity index (χ1n) is 8.20. The summed E-state index contributed by atoms with van der Waals surface area (Å²) in [4.78, 5) is 17.7. The molecule has 0 spiro atoms. The summed E-state index contributed by atoms with van der Waals surface area (Å²) in [5.74, 6) is -2.77. The minimum Gasteiger partial charge on any atom is -0.477 e. The molecule has 0 unspecified atom stereocenters. The van der Waals surface area contributed by atoms with Gasteiger partial charge in [0.15, 0.2) is 21.7 Å². The summed E-state index contributed by atoms with van der Waals surface area (Å²) in [6.07, 6.45) is 3.07. The van der Waals surface area contributed by atoms with Crippen LogP contribution in [0.4, 0.5) is 8.78 Å². The molecule has 9 heteroatoms. The number of thiazole rings is 1. The van der Waals surface area contributed by atoms with E-state index in [1.807, 2.05) is 0 Å². The molecule has 0 aliphatic carbocycles. The largest absolute Gasteiger partial charge is 0.477 e. The molecule has 0 atom stereocenters. The van der Waals surface area contributed by atoms with Gasteiger partial charge in [-0.05, 0) is 25.1 Å². The van der Waals surface area contributed by atoms with Gasteiger partial charge in [-0.25, -0.2) is 18.6 Å². The minimum atomic E-state index is -1.20. The molecule has 4 aromatic rings. The smallest absolute Gasteiger partial charge is 0.354 e. The summed E-state index contributed by atoms with van der Waals surface area (Å²) in [5, 5.41) is 10.9. The number of aryl methyl sites for hydroxylation is 1. The van der Waals surface area contributed by atoms with Gasteiger partial charge in [0, 0.05) is 17.3 Å². The Morgan fingerprint density at radius 3 is 2.79 bits per heavy atom. The maximum Gasteiger partial charge on any atom is 0.354 e. The Hall–Kier alpha value is -2.84. The standard InChI is InChI=1S/C19H12ClF2N3O2S/c1-10-4-3-7-24-16(10)25(9-11-8-23-19(20)28-11)18(27)14(17(24)26)12-5-2-6-13(21)15(12)22/h2-8H,9H2,1H3/p+1. The number of fused-ring (bicyclic) bond motifs is 1. The lowest BCUT2D eigenvalue weighted by Gasteiger charge is -2.11. The zero-order valence-electron chi connectivity index (χ0n) is 14.5. The van der Waals surface area contributed by atoms with Crippen molar-refractivity contribution in [3.05, 3.63) is 79.6 Å². The molecule has 0 aliphatic heterocycles. The fraction of sp³-hybridized carbons (Fsp3) is 0.105. The van der Waals surface area contributed by atoms with Gasteiger partial charge >= 0.3 is 5.56 Å². The quantitative estimate of drug-likeness (QED) is 0.514. The maximum absolute atomic E-state index is 14.4. The number of pyridine rings is 1. The van der Waals surface area contributed by atoms with Gasteiger partial charge in [0.2, 0.25) is 0 Å². The Labute approximate surface area is 166 Å². The van der Waals surface area contributed by atoms with Crippen molar-refractivity contribution in [3.8, 4) is 17.0 Å². The van der Waals surface area contributed by atoms with Gasteiger partial charge in [-0.15, -0.1) is 11.3 Å². The number of nitrogens with zero attached hydrogens (tertiary/aromatic N) is 3. The summed E-state index contributed by atoms with van der Waals surface area (Å²) in [6, 6.07) is 6.94. The van der Waals surface area contributed by atoms with E-state index in [-0.39, 0.29) is 17.7 Å². The zero-order valence-corrected chi connectivity index (χ0v) is 16.1. The summed E-state index contributed by atoms with van der Waals surface area (Å²) >= 11 is 7.11. The van der Waals surface area contributed by atoms with Crippen LogP contribution in [0.15, 0.2) is 47.5 Å². The van der Waals surface area contributed by atoms with E-state index in [9.17, 15) is 18.7 Å². The van der Waals surface area contributed by atoms with Gasteiger partial charge in [-0.2, -0.15) is 8.97 Å². The fourth-order valence-corrected chi connectivity index (χ4v) is 4.13. The molecule has 3 heterocycles. The monoisotopic (exact) mass is 420 g/mol. The summed E-state index contributed by atoms with van der Waals surface area (Å²) < 4.78 is 31.3. The summed E-state index contributed by atoms with van der Waals surface area (Å²) in [5.41, 5.74) is -0.142. The predicted molar refractivity (Wildman–Crippen MR) is 102 cm³/mol. The highest BCUT2D eigenvalue weighted by atomic mass is 35.5. The van der Waals surface area contributed by atoms with E-state index in [1.165, 1.54) is 38.6 Å². The first-order valence-corrected chi connectivity index (χ1v) is 9.39. The van der Waals surface area contributed by atoms with Crippen molar-refractivity contribution in [1.82, 2.24) is 9.38 Å². The minimum absolute atomic E-state index is 0.148. The molecule has 142 valence electrons. The lowest BCUT2D eigenvalue weighted by molar-refractivity contribution is -0.671. The molecular weight excluding hydrogens is 408 g/mol. The van der Waals surface area contributed by atoms with Crippen LogP contribution in [0, 0.1) is 18.6 Å². The zero-order chi connectivity index (χ0) is 20.0. The van der Waals surface area contributed by atoms with Crippen molar-refractivity contribution in [3.63, 3.8) is 0 Å². The number of halogens is 3. The topological polar surface area (TPSA) is 58.5 Å². The average Bonchev–Trinajstić information content (AvgIpc) is 3.07. The number of aromatic nitrogens is 3. The second-order valence-corrected chi connectivity index (χ2v) is 7.85. The van der Waals surface area contributed by atoms with Gasteiger partial charge in [0.1, 0.15) is 6.54 Å². The molecule has 0 amide bonds. The number of benzene rings is 1. The molecule has 28 heavy (non-hydrogen) atoms. The SMILES string of the molecule is Cc1cccn2c(=O)c(-c3cccc(F)c3F)c(O)[n+](Cc3cnc(Cl)s3)c12. The van der Waals surface area contributed by atoms with E-state index in [1.54, 1.807) is 25.3 Å². The van der Waals surface area contributed by atoms with Gasteiger partial charge < -0.3 is 5.11 Å². The fourth-order valence-electron chi connectivity index (χ4n) is 3.16. The van der Waals surface area contributed by atoms with Crippen molar-refractivity contribution in [1.29, 1.82) is 0 Å². The predicted octanol–water partition coefficient (Wildman–Crippen LogP) is 3.70. The van der Waals surface area contributed by atoms with E-state index < -0.39 is 23.1 Å². The highest BCUT2D eigenvalue weighted by molar-refractivity contribution is 7.15. The Kier molecular flexibility index (Phi) is 4.60. The third kappa shape index (κ3) is 2.94. The molecule has 1 N–H and O–H groups in total. The van der Waals surface area contributed by atoms with Crippen LogP contribution in [-0.2, 0) is 6.54 Å². The van der Waals surface area contributed by atoms with Crippen molar-refractivity contribution in [2.75, 3.05) is 0 Å². The molecule has 5 nitrogen and oxygen atoms in total. The second-order valence-electron chi connectivity index (χ2n) is 6.16. The lowest BCUT2D eigenvalue weighted by atomic mass is 10.1. The highest BCUT2D eigenvalue weighted by Crippen LogP contribution is 2.28. The van der Waals surface area contributed by atoms with Crippen LogP contribution >= 0.6 is 22.9 Å².